The first-order valence-electron chi connectivity index (χ1n) is 12.3. The highest BCUT2D eigenvalue weighted by Crippen LogP contribution is 2.31. The molecule has 1 aliphatic rings. The summed E-state index contributed by atoms with van der Waals surface area (Å²) in [6.07, 6.45) is 5.36. The Morgan fingerprint density at radius 3 is 2.34 bits per heavy atom. The maximum atomic E-state index is 13.4. The van der Waals surface area contributed by atoms with Gasteiger partial charge in [-0.15, -0.1) is 0 Å². The minimum absolute atomic E-state index is 0.00626. The van der Waals surface area contributed by atoms with Crippen LogP contribution in [0.3, 0.4) is 0 Å². The molecule has 3 aromatic rings. The van der Waals surface area contributed by atoms with E-state index in [1.807, 2.05) is 79.4 Å². The van der Waals surface area contributed by atoms with E-state index in [1.165, 1.54) is 0 Å². The number of aliphatic carboxylic acids is 1. The van der Waals surface area contributed by atoms with Gasteiger partial charge in [-0.1, -0.05) is 30.3 Å². The normalized spacial score (nSPS) is 17.8. The highest BCUT2D eigenvalue weighted by atomic mass is 16.5. The zero-order valence-electron chi connectivity index (χ0n) is 20.4. The zero-order chi connectivity index (χ0) is 24.8. The monoisotopic (exact) mass is 475 g/mol. The molecule has 1 saturated carbocycles. The third-order valence-corrected chi connectivity index (χ3v) is 6.69. The van der Waals surface area contributed by atoms with E-state index in [-0.39, 0.29) is 30.4 Å². The lowest BCUT2D eigenvalue weighted by atomic mass is 9.85. The predicted molar refractivity (Wildman–Crippen MR) is 134 cm³/mol. The standard InChI is InChI=1S/C29H33NO5/c1-20(2)30(29(33)23-13-11-22(12-14-23)26-8-5-17-34-26)19-24-6-3-4-7-27(24)35-25-15-9-21(10-16-25)18-28(31)32/h3-8,11-14,17,20-21,25H,9-10,15-16,18-19H2,1-2H3,(H,31,32). The quantitative estimate of drug-likeness (QED) is 0.387. The summed E-state index contributed by atoms with van der Waals surface area (Å²) in [6, 6.07) is 19.1. The van der Waals surface area contributed by atoms with Crippen LogP contribution in [0.25, 0.3) is 11.3 Å². The molecule has 1 fully saturated rings. The van der Waals surface area contributed by atoms with Crippen LogP contribution in [0.2, 0.25) is 0 Å². The van der Waals surface area contributed by atoms with Crippen molar-refractivity contribution in [1.82, 2.24) is 4.90 Å². The predicted octanol–water partition coefficient (Wildman–Crippen LogP) is 6.41. The van der Waals surface area contributed by atoms with E-state index < -0.39 is 5.97 Å². The average Bonchev–Trinajstić information content (AvgIpc) is 3.39. The van der Waals surface area contributed by atoms with E-state index in [0.717, 1.165) is 48.3 Å². The molecule has 184 valence electrons. The van der Waals surface area contributed by atoms with E-state index in [9.17, 15) is 9.59 Å². The van der Waals surface area contributed by atoms with Crippen molar-refractivity contribution in [3.8, 4) is 17.1 Å². The van der Waals surface area contributed by atoms with Crippen molar-refractivity contribution in [2.75, 3.05) is 0 Å². The second kappa shape index (κ2) is 11.3. The smallest absolute Gasteiger partial charge is 0.303 e. The fourth-order valence-electron chi connectivity index (χ4n) is 4.69. The molecule has 1 amide bonds. The van der Waals surface area contributed by atoms with Gasteiger partial charge >= 0.3 is 5.97 Å². The van der Waals surface area contributed by atoms with E-state index in [4.69, 9.17) is 14.3 Å². The van der Waals surface area contributed by atoms with Crippen LogP contribution in [0, 0.1) is 5.92 Å². The van der Waals surface area contributed by atoms with Gasteiger partial charge < -0.3 is 19.2 Å². The van der Waals surface area contributed by atoms with Crippen LogP contribution in [0.4, 0.5) is 0 Å². The number of amides is 1. The molecule has 2 aromatic carbocycles. The molecule has 0 unspecified atom stereocenters. The highest BCUT2D eigenvalue weighted by molar-refractivity contribution is 5.94. The molecule has 0 spiro atoms. The Bertz CT molecular complexity index is 1110. The van der Waals surface area contributed by atoms with Gasteiger partial charge in [0.2, 0.25) is 0 Å². The van der Waals surface area contributed by atoms with Crippen molar-refractivity contribution >= 4 is 11.9 Å². The minimum atomic E-state index is -0.728. The first-order valence-corrected chi connectivity index (χ1v) is 12.3. The summed E-state index contributed by atoms with van der Waals surface area (Å²) in [4.78, 5) is 26.3. The SMILES string of the molecule is CC(C)N(Cc1ccccc1OC1CCC(CC(=O)O)CC1)C(=O)c1ccc(-c2ccco2)cc1. The third kappa shape index (κ3) is 6.32. The highest BCUT2D eigenvalue weighted by Gasteiger charge is 2.26. The number of carboxylic acid groups (broad SMARTS) is 1. The van der Waals surface area contributed by atoms with Crippen LogP contribution >= 0.6 is 0 Å². The number of rotatable bonds is 9. The average molecular weight is 476 g/mol. The summed E-state index contributed by atoms with van der Waals surface area (Å²) in [6.45, 7) is 4.48. The molecular weight excluding hydrogens is 442 g/mol. The molecule has 6 nitrogen and oxygen atoms in total. The number of carbonyl (C=O) groups excluding carboxylic acids is 1. The third-order valence-electron chi connectivity index (χ3n) is 6.69. The maximum absolute atomic E-state index is 13.4. The lowest BCUT2D eigenvalue weighted by molar-refractivity contribution is -0.138. The summed E-state index contributed by atoms with van der Waals surface area (Å²) >= 11 is 0. The Morgan fingerprint density at radius 1 is 1.00 bits per heavy atom. The minimum Gasteiger partial charge on any atom is -0.490 e. The molecule has 0 radical (unpaired) electrons. The number of ether oxygens (including phenoxy) is 1. The fourth-order valence-corrected chi connectivity index (χ4v) is 4.69. The maximum Gasteiger partial charge on any atom is 0.303 e. The number of para-hydroxylation sites is 1. The molecule has 0 aliphatic heterocycles. The second-order valence-corrected chi connectivity index (χ2v) is 9.55. The molecule has 4 rings (SSSR count). The first kappa shape index (κ1) is 24.6. The van der Waals surface area contributed by atoms with Crippen LogP contribution in [0.15, 0.2) is 71.3 Å². The van der Waals surface area contributed by atoms with Crippen LogP contribution in [-0.2, 0) is 11.3 Å². The summed E-state index contributed by atoms with van der Waals surface area (Å²) in [5, 5.41) is 9.05. The first-order chi connectivity index (χ1) is 16.9. The van der Waals surface area contributed by atoms with Gasteiger partial charge in [-0.3, -0.25) is 9.59 Å². The number of hydrogen-bond donors (Lipinski definition) is 1. The summed E-state index contributed by atoms with van der Waals surface area (Å²) in [5.41, 5.74) is 2.53. The molecule has 1 N–H and O–H groups in total. The topological polar surface area (TPSA) is 80.0 Å². The van der Waals surface area contributed by atoms with Gasteiger partial charge in [-0.25, -0.2) is 0 Å². The van der Waals surface area contributed by atoms with Gasteiger partial charge in [-0.2, -0.15) is 0 Å². The van der Waals surface area contributed by atoms with Crippen LogP contribution in [0.1, 0.15) is 61.9 Å². The van der Waals surface area contributed by atoms with Crippen molar-refractivity contribution in [2.45, 2.75) is 64.6 Å². The van der Waals surface area contributed by atoms with Gasteiger partial charge in [-0.05, 0) is 75.8 Å². The molecule has 1 heterocycles. The Balaban J connectivity index is 1.44. The van der Waals surface area contributed by atoms with Crippen molar-refractivity contribution in [2.24, 2.45) is 5.92 Å². The summed E-state index contributed by atoms with van der Waals surface area (Å²) < 4.78 is 11.8. The van der Waals surface area contributed by atoms with Gasteiger partial charge in [0, 0.05) is 35.7 Å². The van der Waals surface area contributed by atoms with E-state index in [2.05, 4.69) is 0 Å². The van der Waals surface area contributed by atoms with Crippen LogP contribution in [-0.4, -0.2) is 34.0 Å². The van der Waals surface area contributed by atoms with Gasteiger partial charge in [0.15, 0.2) is 0 Å². The van der Waals surface area contributed by atoms with E-state index >= 15 is 0 Å². The van der Waals surface area contributed by atoms with E-state index in [0.29, 0.717) is 12.1 Å². The largest absolute Gasteiger partial charge is 0.490 e. The Morgan fingerprint density at radius 2 is 1.71 bits per heavy atom. The van der Waals surface area contributed by atoms with Crippen molar-refractivity contribution in [3.05, 3.63) is 78.1 Å². The lowest BCUT2D eigenvalue weighted by Crippen LogP contribution is -2.36. The molecular formula is C29H33NO5. The molecule has 1 aromatic heterocycles. The Hall–Kier alpha value is -3.54. The lowest BCUT2D eigenvalue weighted by Gasteiger charge is -2.31. The fraction of sp³-hybridized carbons (Fsp3) is 0.379. The molecule has 0 atom stereocenters. The number of hydrogen-bond acceptors (Lipinski definition) is 4. The Labute approximate surface area is 206 Å². The zero-order valence-corrected chi connectivity index (χ0v) is 20.4. The van der Waals surface area contributed by atoms with Crippen molar-refractivity contribution in [3.63, 3.8) is 0 Å². The van der Waals surface area contributed by atoms with Gasteiger partial charge in [0.05, 0.1) is 12.4 Å². The molecule has 0 bridgehead atoms. The molecule has 1 aliphatic carbocycles. The number of benzene rings is 2. The van der Waals surface area contributed by atoms with Crippen molar-refractivity contribution < 1.29 is 23.8 Å². The van der Waals surface area contributed by atoms with Crippen LogP contribution in [0.5, 0.6) is 5.75 Å². The number of carboxylic acids is 1. The Kier molecular flexibility index (Phi) is 7.91. The number of furan rings is 1. The van der Waals surface area contributed by atoms with Gasteiger partial charge in [0.25, 0.3) is 5.91 Å². The van der Waals surface area contributed by atoms with Gasteiger partial charge in [0.1, 0.15) is 11.5 Å². The molecule has 0 saturated heterocycles. The molecule has 6 heteroatoms. The summed E-state index contributed by atoms with van der Waals surface area (Å²) in [5.74, 6) is 1.04. The summed E-state index contributed by atoms with van der Waals surface area (Å²) in [7, 11) is 0. The number of carbonyl (C=O) groups is 2. The second-order valence-electron chi connectivity index (χ2n) is 9.55. The van der Waals surface area contributed by atoms with E-state index in [1.54, 1.807) is 6.26 Å². The van der Waals surface area contributed by atoms with Crippen molar-refractivity contribution in [1.29, 1.82) is 0 Å². The van der Waals surface area contributed by atoms with Crippen LogP contribution < -0.4 is 4.74 Å². The molecule has 35 heavy (non-hydrogen) atoms. The number of nitrogens with zero attached hydrogens (tertiary/aromatic N) is 1.